The van der Waals surface area contributed by atoms with Crippen molar-refractivity contribution in [2.75, 3.05) is 7.11 Å². The molecule has 0 fully saturated rings. The van der Waals surface area contributed by atoms with E-state index in [0.29, 0.717) is 31.8 Å². The summed E-state index contributed by atoms with van der Waals surface area (Å²) < 4.78 is 12.8. The number of fused-ring (bicyclic) bond motifs is 4. The van der Waals surface area contributed by atoms with Crippen LogP contribution in [0.4, 0.5) is 0 Å². The van der Waals surface area contributed by atoms with Crippen LogP contribution < -0.4 is 20.3 Å². The van der Waals surface area contributed by atoms with Crippen LogP contribution in [0, 0.1) is 0 Å². The zero-order valence-corrected chi connectivity index (χ0v) is 14.9. The first-order valence-corrected chi connectivity index (χ1v) is 8.99. The number of ether oxygens (including phenoxy) is 1. The van der Waals surface area contributed by atoms with E-state index in [1.54, 1.807) is 28.7 Å². The van der Waals surface area contributed by atoms with Crippen molar-refractivity contribution in [2.24, 2.45) is 0 Å². The molecule has 0 aliphatic carbocycles. The molecule has 132 valence electrons. The highest BCUT2D eigenvalue weighted by atomic mass is 32.1. The Balaban J connectivity index is 1.78. The van der Waals surface area contributed by atoms with E-state index in [2.05, 4.69) is 4.98 Å². The van der Waals surface area contributed by atoms with Crippen LogP contribution in [0.25, 0.3) is 33.0 Å². The van der Waals surface area contributed by atoms with Gasteiger partial charge in [-0.2, -0.15) is 0 Å². The fraction of sp³-hybridized carbons (Fsp3) is 0.0500. The van der Waals surface area contributed by atoms with Crippen molar-refractivity contribution < 1.29 is 9.15 Å². The molecule has 7 heteroatoms. The Bertz CT molecular complexity index is 1510. The molecule has 0 bridgehead atoms. The lowest BCUT2D eigenvalue weighted by atomic mass is 10.1. The van der Waals surface area contributed by atoms with E-state index in [1.807, 2.05) is 24.3 Å². The first kappa shape index (κ1) is 15.8. The van der Waals surface area contributed by atoms with Crippen molar-refractivity contribution in [1.29, 1.82) is 0 Å². The van der Waals surface area contributed by atoms with E-state index in [0.717, 1.165) is 11.0 Å². The number of imidazole rings is 1. The quantitative estimate of drug-likeness (QED) is 0.473. The van der Waals surface area contributed by atoms with Crippen LogP contribution in [-0.2, 0) is 0 Å². The molecule has 0 atom stereocenters. The van der Waals surface area contributed by atoms with Gasteiger partial charge in [0.25, 0.3) is 5.56 Å². The van der Waals surface area contributed by atoms with Gasteiger partial charge >= 0.3 is 0 Å². The first-order valence-electron chi connectivity index (χ1n) is 8.17. The summed E-state index contributed by atoms with van der Waals surface area (Å²) in [5.74, 6) is 0.488. The largest absolute Gasteiger partial charge is 0.493 e. The maximum atomic E-state index is 12.8. The Morgan fingerprint density at radius 1 is 1.15 bits per heavy atom. The fourth-order valence-electron chi connectivity index (χ4n) is 3.16. The summed E-state index contributed by atoms with van der Waals surface area (Å²) >= 11 is 1.24. The third kappa shape index (κ3) is 2.29. The number of methoxy groups -OCH3 is 1. The molecule has 0 saturated heterocycles. The molecule has 0 radical (unpaired) electrons. The molecule has 2 aromatic carbocycles. The predicted molar refractivity (Wildman–Crippen MR) is 105 cm³/mol. The van der Waals surface area contributed by atoms with E-state index in [9.17, 15) is 9.59 Å². The van der Waals surface area contributed by atoms with Crippen molar-refractivity contribution in [3.8, 4) is 5.75 Å². The zero-order chi connectivity index (χ0) is 18.5. The summed E-state index contributed by atoms with van der Waals surface area (Å²) in [6.07, 6.45) is 2.91. The van der Waals surface area contributed by atoms with Crippen LogP contribution >= 0.6 is 11.3 Å². The highest BCUT2D eigenvalue weighted by Crippen LogP contribution is 2.23. The number of nitrogens with zero attached hydrogens (tertiary/aromatic N) is 2. The Hall–Kier alpha value is -3.45. The van der Waals surface area contributed by atoms with Crippen molar-refractivity contribution in [2.45, 2.75) is 0 Å². The van der Waals surface area contributed by atoms with Gasteiger partial charge in [0, 0.05) is 0 Å². The molecule has 0 saturated carbocycles. The number of benzene rings is 2. The maximum Gasteiger partial charge on any atom is 0.274 e. The lowest BCUT2D eigenvalue weighted by molar-refractivity contribution is 0.409. The second-order valence-electron chi connectivity index (χ2n) is 5.99. The average molecular weight is 376 g/mol. The molecule has 0 aliphatic heterocycles. The highest BCUT2D eigenvalue weighted by molar-refractivity contribution is 7.15. The number of rotatable bonds is 2. The first-order chi connectivity index (χ1) is 13.2. The van der Waals surface area contributed by atoms with Gasteiger partial charge in [-0.3, -0.25) is 9.59 Å². The normalized spacial score (nSPS) is 12.4. The minimum absolute atomic E-state index is 0.200. The van der Waals surface area contributed by atoms with E-state index < -0.39 is 0 Å². The molecule has 3 aromatic heterocycles. The lowest BCUT2D eigenvalue weighted by Gasteiger charge is -2.03. The molecule has 5 rings (SSSR count). The number of para-hydroxylation sites is 3. The standard InChI is InChI=1S/C20H12N2O4S/c1-25-15-8-4-5-12-17(23)11(10-26-18(12)15)9-16-19(24)22-14-7-3-2-6-13(14)21-20(22)27-16/h2-10H,1H3. The van der Waals surface area contributed by atoms with Crippen LogP contribution in [0.2, 0.25) is 0 Å². The molecular formula is C20H12N2O4S. The highest BCUT2D eigenvalue weighted by Gasteiger charge is 2.13. The molecule has 3 heterocycles. The average Bonchev–Trinajstić information content (AvgIpc) is 3.20. The molecule has 0 aliphatic rings. The van der Waals surface area contributed by atoms with Gasteiger partial charge in [-0.05, 0) is 30.3 Å². The van der Waals surface area contributed by atoms with E-state index in [4.69, 9.17) is 9.15 Å². The predicted octanol–water partition coefficient (Wildman–Crippen LogP) is 2.57. The lowest BCUT2D eigenvalue weighted by Crippen LogP contribution is -2.23. The molecule has 6 nitrogen and oxygen atoms in total. The second-order valence-corrected chi connectivity index (χ2v) is 7.00. The molecular weight excluding hydrogens is 364 g/mol. The van der Waals surface area contributed by atoms with E-state index in [-0.39, 0.29) is 11.0 Å². The number of thiazole rings is 1. The summed E-state index contributed by atoms with van der Waals surface area (Å²) in [7, 11) is 1.52. The molecule has 5 aromatic rings. The van der Waals surface area contributed by atoms with Gasteiger partial charge in [-0.15, -0.1) is 0 Å². The maximum absolute atomic E-state index is 12.8. The van der Waals surface area contributed by atoms with Crippen molar-refractivity contribution in [3.63, 3.8) is 0 Å². The van der Waals surface area contributed by atoms with Crippen LogP contribution in [-0.4, -0.2) is 16.5 Å². The summed E-state index contributed by atoms with van der Waals surface area (Å²) in [5.41, 5.74) is 1.80. The number of aromatic nitrogens is 2. The number of hydrogen-bond donors (Lipinski definition) is 0. The second kappa shape index (κ2) is 5.78. The van der Waals surface area contributed by atoms with Gasteiger partial charge in [0.15, 0.2) is 21.7 Å². The van der Waals surface area contributed by atoms with Crippen molar-refractivity contribution in [1.82, 2.24) is 9.38 Å². The van der Waals surface area contributed by atoms with E-state index in [1.165, 1.54) is 24.7 Å². The Morgan fingerprint density at radius 2 is 2.00 bits per heavy atom. The minimum atomic E-state index is -0.217. The third-order valence-electron chi connectivity index (χ3n) is 4.44. The summed E-state index contributed by atoms with van der Waals surface area (Å²) in [6.45, 7) is 0. The summed E-state index contributed by atoms with van der Waals surface area (Å²) in [5, 5.41) is 0.405. The van der Waals surface area contributed by atoms with Gasteiger partial charge in [-0.1, -0.05) is 29.5 Å². The van der Waals surface area contributed by atoms with Gasteiger partial charge in [0.2, 0.25) is 0 Å². The van der Waals surface area contributed by atoms with Gasteiger partial charge in [0.05, 0.1) is 33.6 Å². The Kier molecular flexibility index (Phi) is 3.38. The van der Waals surface area contributed by atoms with Crippen LogP contribution in [0.15, 0.2) is 62.7 Å². The van der Waals surface area contributed by atoms with Gasteiger partial charge in [-0.25, -0.2) is 9.38 Å². The van der Waals surface area contributed by atoms with Crippen LogP contribution in [0.5, 0.6) is 5.75 Å². The zero-order valence-electron chi connectivity index (χ0n) is 14.1. The topological polar surface area (TPSA) is 73.8 Å². The molecule has 0 unspecified atom stereocenters. The molecule has 27 heavy (non-hydrogen) atoms. The molecule has 0 amide bonds. The smallest absolute Gasteiger partial charge is 0.274 e. The Labute approximate surface area is 155 Å². The molecule has 0 spiro atoms. The van der Waals surface area contributed by atoms with Crippen molar-refractivity contribution in [3.05, 3.63) is 79.4 Å². The fourth-order valence-corrected chi connectivity index (χ4v) is 4.14. The molecule has 0 N–H and O–H groups in total. The van der Waals surface area contributed by atoms with Gasteiger partial charge in [0.1, 0.15) is 6.26 Å². The minimum Gasteiger partial charge on any atom is -0.493 e. The third-order valence-corrected chi connectivity index (χ3v) is 5.41. The Morgan fingerprint density at radius 3 is 2.85 bits per heavy atom. The summed E-state index contributed by atoms with van der Waals surface area (Å²) in [6, 6.07) is 12.6. The van der Waals surface area contributed by atoms with Crippen molar-refractivity contribution >= 4 is 44.4 Å². The number of hydrogen-bond acceptors (Lipinski definition) is 6. The van der Waals surface area contributed by atoms with Gasteiger partial charge < -0.3 is 9.15 Å². The van der Waals surface area contributed by atoms with Crippen LogP contribution in [0.1, 0.15) is 5.56 Å². The summed E-state index contributed by atoms with van der Waals surface area (Å²) in [4.78, 5) is 30.7. The van der Waals surface area contributed by atoms with Crippen LogP contribution in [0.3, 0.4) is 0 Å². The SMILES string of the molecule is COc1cccc2c(=O)c(C=c3sc4nc5ccccc5n4c3=O)coc12. The monoisotopic (exact) mass is 376 g/mol. The van der Waals surface area contributed by atoms with E-state index >= 15 is 0 Å².